The zero-order valence-electron chi connectivity index (χ0n) is 8.06. The molecular weight excluding hydrogens is 208 g/mol. The first-order valence-electron chi connectivity index (χ1n) is 4.34. The van der Waals surface area contributed by atoms with Gasteiger partial charge in [0.2, 0.25) is 4.77 Å². The van der Waals surface area contributed by atoms with Crippen LogP contribution in [0.4, 0.5) is 0 Å². The molecule has 0 saturated heterocycles. The smallest absolute Gasteiger partial charge is 0.216 e. The predicted molar refractivity (Wildman–Crippen MR) is 58.5 cm³/mol. The molecule has 0 atom stereocenters. The molecule has 4 nitrogen and oxygen atoms in total. The van der Waals surface area contributed by atoms with Gasteiger partial charge in [-0.15, -0.1) is 0 Å². The lowest BCUT2D eigenvalue weighted by atomic mass is 10.1. The summed E-state index contributed by atoms with van der Waals surface area (Å²) in [6.07, 6.45) is 0. The topological polar surface area (TPSA) is 57.4 Å². The van der Waals surface area contributed by atoms with Gasteiger partial charge in [-0.25, -0.2) is 0 Å². The molecule has 1 heterocycles. The van der Waals surface area contributed by atoms with Crippen molar-refractivity contribution < 1.29 is 0 Å². The molecule has 0 saturated carbocycles. The maximum absolute atomic E-state index is 8.76. The van der Waals surface area contributed by atoms with Gasteiger partial charge in [0.05, 0.1) is 11.6 Å². The average molecular weight is 216 g/mol. The van der Waals surface area contributed by atoms with Gasteiger partial charge in [-0.1, -0.05) is 12.1 Å². The fourth-order valence-corrected chi connectivity index (χ4v) is 1.40. The monoisotopic (exact) mass is 216 g/mol. The van der Waals surface area contributed by atoms with E-state index in [0.717, 1.165) is 5.56 Å². The van der Waals surface area contributed by atoms with Gasteiger partial charge < -0.3 is 0 Å². The summed E-state index contributed by atoms with van der Waals surface area (Å²) in [5, 5.41) is 11.8. The summed E-state index contributed by atoms with van der Waals surface area (Å²) in [5.74, 6) is 0.680. The molecule has 0 unspecified atom stereocenters. The summed E-state index contributed by atoms with van der Waals surface area (Å²) in [4.78, 5) is 4.17. The number of aryl methyl sites for hydroxylation is 1. The zero-order valence-corrected chi connectivity index (χ0v) is 8.88. The second kappa shape index (κ2) is 3.67. The third-order valence-corrected chi connectivity index (χ3v) is 2.40. The van der Waals surface area contributed by atoms with Crippen LogP contribution in [-0.2, 0) is 7.05 Å². The molecule has 0 bridgehead atoms. The lowest BCUT2D eigenvalue weighted by molar-refractivity contribution is 0.756. The number of benzene rings is 1. The maximum atomic E-state index is 8.76. The highest BCUT2D eigenvalue weighted by Crippen LogP contribution is 2.15. The van der Waals surface area contributed by atoms with Crippen LogP contribution < -0.4 is 0 Å². The SMILES string of the molecule is Cn1[nH]c(-c2cccc(C#N)c2)nc1=S. The third-order valence-electron chi connectivity index (χ3n) is 2.03. The Morgan fingerprint density at radius 2 is 2.33 bits per heavy atom. The van der Waals surface area contributed by atoms with Gasteiger partial charge in [0.15, 0.2) is 5.82 Å². The Hall–Kier alpha value is -1.93. The summed E-state index contributed by atoms with van der Waals surface area (Å²) >= 11 is 4.99. The van der Waals surface area contributed by atoms with Gasteiger partial charge >= 0.3 is 0 Å². The van der Waals surface area contributed by atoms with Crippen LogP contribution in [0.2, 0.25) is 0 Å². The Kier molecular flexibility index (Phi) is 2.35. The molecule has 0 amide bonds. The van der Waals surface area contributed by atoms with Crippen molar-refractivity contribution in [2.75, 3.05) is 0 Å². The number of H-pyrrole nitrogens is 1. The molecule has 0 radical (unpaired) electrons. The van der Waals surface area contributed by atoms with Crippen molar-refractivity contribution in [3.8, 4) is 17.5 Å². The molecule has 0 aliphatic rings. The number of rotatable bonds is 1. The summed E-state index contributed by atoms with van der Waals surface area (Å²) in [5.41, 5.74) is 1.47. The third kappa shape index (κ3) is 1.80. The number of hydrogen-bond donors (Lipinski definition) is 1. The Bertz CT molecular complexity index is 588. The number of aromatic amines is 1. The van der Waals surface area contributed by atoms with Crippen LogP contribution in [0.15, 0.2) is 24.3 Å². The van der Waals surface area contributed by atoms with E-state index in [0.29, 0.717) is 16.2 Å². The van der Waals surface area contributed by atoms with Gasteiger partial charge in [-0.2, -0.15) is 10.2 Å². The molecule has 1 aromatic heterocycles. The molecule has 0 fully saturated rings. The van der Waals surface area contributed by atoms with Crippen molar-refractivity contribution in [3.05, 3.63) is 34.6 Å². The first-order chi connectivity index (χ1) is 7.20. The number of nitriles is 1. The van der Waals surface area contributed by atoms with Crippen molar-refractivity contribution in [1.82, 2.24) is 14.8 Å². The Morgan fingerprint density at radius 3 is 2.93 bits per heavy atom. The molecule has 15 heavy (non-hydrogen) atoms. The first-order valence-corrected chi connectivity index (χ1v) is 4.75. The zero-order chi connectivity index (χ0) is 10.8. The molecule has 0 spiro atoms. The Balaban J connectivity index is 2.55. The molecule has 1 N–H and O–H groups in total. The summed E-state index contributed by atoms with van der Waals surface area (Å²) in [6.45, 7) is 0. The minimum Gasteiger partial charge on any atom is -0.279 e. The summed E-state index contributed by atoms with van der Waals surface area (Å²) < 4.78 is 2.15. The lowest BCUT2D eigenvalue weighted by Gasteiger charge is -1.96. The molecule has 0 aliphatic heterocycles. The minimum absolute atomic E-state index is 0.493. The standard InChI is InChI=1S/C10H8N4S/c1-14-10(15)12-9(13-14)8-4-2-3-7(5-8)6-11/h2-5H,1H3,(H,12,13,15). The highest BCUT2D eigenvalue weighted by atomic mass is 32.1. The predicted octanol–water partition coefficient (Wildman–Crippen LogP) is 2.02. The van der Waals surface area contributed by atoms with E-state index >= 15 is 0 Å². The van der Waals surface area contributed by atoms with Gasteiger partial charge in [0, 0.05) is 12.6 Å². The highest BCUT2D eigenvalue weighted by molar-refractivity contribution is 7.71. The van der Waals surface area contributed by atoms with Crippen molar-refractivity contribution in [2.24, 2.45) is 7.05 Å². The van der Waals surface area contributed by atoms with Gasteiger partial charge in [0.1, 0.15) is 0 Å². The van der Waals surface area contributed by atoms with Gasteiger partial charge in [-0.3, -0.25) is 9.78 Å². The molecule has 2 aromatic rings. The number of aromatic nitrogens is 3. The second-order valence-corrected chi connectivity index (χ2v) is 3.47. The van der Waals surface area contributed by atoms with E-state index in [1.54, 1.807) is 23.9 Å². The fourth-order valence-electron chi connectivity index (χ4n) is 1.27. The van der Waals surface area contributed by atoms with Crippen LogP contribution in [-0.4, -0.2) is 14.8 Å². The summed E-state index contributed by atoms with van der Waals surface area (Å²) in [7, 11) is 1.80. The fraction of sp³-hybridized carbons (Fsp3) is 0.100. The Morgan fingerprint density at radius 1 is 1.53 bits per heavy atom. The van der Waals surface area contributed by atoms with Gasteiger partial charge in [-0.05, 0) is 24.4 Å². The largest absolute Gasteiger partial charge is 0.279 e. The molecule has 74 valence electrons. The second-order valence-electron chi connectivity index (χ2n) is 3.11. The van der Waals surface area contributed by atoms with Crippen LogP contribution in [0.25, 0.3) is 11.4 Å². The van der Waals surface area contributed by atoms with Crippen LogP contribution in [0.3, 0.4) is 0 Å². The quantitative estimate of drug-likeness (QED) is 0.742. The van der Waals surface area contributed by atoms with E-state index in [1.807, 2.05) is 12.1 Å². The summed E-state index contributed by atoms with van der Waals surface area (Å²) in [6, 6.07) is 9.31. The van der Waals surface area contributed by atoms with E-state index in [4.69, 9.17) is 17.5 Å². The maximum Gasteiger partial charge on any atom is 0.216 e. The molecule has 0 aliphatic carbocycles. The lowest BCUT2D eigenvalue weighted by Crippen LogP contribution is -1.89. The number of nitrogens with zero attached hydrogens (tertiary/aromatic N) is 3. The molecule has 5 heteroatoms. The van der Waals surface area contributed by atoms with E-state index in [2.05, 4.69) is 16.2 Å². The van der Waals surface area contributed by atoms with Gasteiger partial charge in [0.25, 0.3) is 0 Å². The highest BCUT2D eigenvalue weighted by Gasteiger charge is 2.03. The van der Waals surface area contributed by atoms with Crippen molar-refractivity contribution in [2.45, 2.75) is 0 Å². The number of nitrogens with one attached hydrogen (secondary N) is 1. The van der Waals surface area contributed by atoms with Crippen molar-refractivity contribution >= 4 is 12.2 Å². The van der Waals surface area contributed by atoms with Crippen molar-refractivity contribution in [1.29, 1.82) is 5.26 Å². The molecular formula is C10H8N4S. The van der Waals surface area contributed by atoms with Crippen LogP contribution in [0.5, 0.6) is 0 Å². The van der Waals surface area contributed by atoms with E-state index < -0.39 is 0 Å². The van der Waals surface area contributed by atoms with Crippen LogP contribution >= 0.6 is 12.2 Å². The van der Waals surface area contributed by atoms with Crippen LogP contribution in [0, 0.1) is 16.1 Å². The molecule has 2 rings (SSSR count). The van der Waals surface area contributed by atoms with Crippen molar-refractivity contribution in [3.63, 3.8) is 0 Å². The van der Waals surface area contributed by atoms with E-state index in [1.165, 1.54) is 0 Å². The first kappa shape index (κ1) is 9.62. The Labute approximate surface area is 91.8 Å². The number of hydrogen-bond acceptors (Lipinski definition) is 3. The normalized spacial score (nSPS) is 9.87. The van der Waals surface area contributed by atoms with Crippen LogP contribution in [0.1, 0.15) is 5.56 Å². The molecule has 1 aromatic carbocycles. The van der Waals surface area contributed by atoms with E-state index in [-0.39, 0.29) is 0 Å². The minimum atomic E-state index is 0.493. The average Bonchev–Trinajstić information content (AvgIpc) is 2.59. The van der Waals surface area contributed by atoms with E-state index in [9.17, 15) is 0 Å².